The van der Waals surface area contributed by atoms with Gasteiger partial charge in [-0.1, -0.05) is 36.7 Å². The van der Waals surface area contributed by atoms with Crippen LogP contribution in [0.2, 0.25) is 5.02 Å². The Balaban J connectivity index is 2.56. The third-order valence-electron chi connectivity index (χ3n) is 3.63. The van der Waals surface area contributed by atoms with Gasteiger partial charge in [-0.3, -0.25) is 0 Å². The average Bonchev–Trinajstić information content (AvgIpc) is 2.43. The lowest BCUT2D eigenvalue weighted by Crippen LogP contribution is -2.23. The molecule has 1 nitrogen and oxygen atoms in total. The second-order valence-corrected chi connectivity index (χ2v) is 6.54. The summed E-state index contributed by atoms with van der Waals surface area (Å²) in [4.78, 5) is 0. The van der Waals surface area contributed by atoms with Gasteiger partial charge in [0.25, 0.3) is 0 Å². The topological polar surface area (TPSA) is 12.0 Å². The van der Waals surface area contributed by atoms with Gasteiger partial charge in [0.15, 0.2) is 0 Å². The first-order chi connectivity index (χ1) is 9.54. The monoisotopic (exact) mass is 399 g/mol. The summed E-state index contributed by atoms with van der Waals surface area (Å²) in [5.41, 5.74) is 5.23. The van der Waals surface area contributed by atoms with E-state index in [1.165, 1.54) is 25.8 Å². The number of halogens is 2. The number of aryl methyl sites for hydroxylation is 1. The minimum absolute atomic E-state index is 0.186. The molecular weight excluding hydrogens is 381 g/mol. The summed E-state index contributed by atoms with van der Waals surface area (Å²) < 4.78 is 1.24. The maximum Gasteiger partial charge on any atom is 0.0590 e. The molecule has 0 saturated heterocycles. The van der Waals surface area contributed by atoms with Gasteiger partial charge in [0.05, 0.1) is 6.04 Å². The van der Waals surface area contributed by atoms with Crippen LogP contribution in [0.4, 0.5) is 0 Å². The van der Waals surface area contributed by atoms with Crippen LogP contribution in [0.1, 0.15) is 35.2 Å². The van der Waals surface area contributed by atoms with E-state index in [1.54, 1.807) is 0 Å². The molecule has 0 fully saturated rings. The van der Waals surface area contributed by atoms with E-state index in [9.17, 15) is 0 Å². The van der Waals surface area contributed by atoms with Crippen molar-refractivity contribution in [2.45, 2.75) is 26.8 Å². The smallest absolute Gasteiger partial charge is 0.0590 e. The average molecular weight is 400 g/mol. The molecular formula is C17H19ClIN. The van der Waals surface area contributed by atoms with Crippen LogP contribution in [0.5, 0.6) is 0 Å². The van der Waals surface area contributed by atoms with Gasteiger partial charge in [-0.15, -0.1) is 0 Å². The van der Waals surface area contributed by atoms with Crippen molar-refractivity contribution in [3.8, 4) is 0 Å². The molecule has 0 radical (unpaired) electrons. The molecule has 0 saturated carbocycles. The first-order valence-electron chi connectivity index (χ1n) is 6.79. The Labute approximate surface area is 139 Å². The molecule has 2 aromatic rings. The Hall–Kier alpha value is -0.580. The maximum atomic E-state index is 6.19. The zero-order chi connectivity index (χ0) is 14.7. The maximum absolute atomic E-state index is 6.19. The Bertz CT molecular complexity index is 608. The van der Waals surface area contributed by atoms with E-state index in [1.807, 2.05) is 6.07 Å². The molecule has 2 aromatic carbocycles. The zero-order valence-electron chi connectivity index (χ0n) is 12.0. The van der Waals surface area contributed by atoms with E-state index in [2.05, 4.69) is 79.0 Å². The fourth-order valence-corrected chi connectivity index (χ4v) is 3.24. The highest BCUT2D eigenvalue weighted by molar-refractivity contribution is 14.1. The SMILES string of the molecule is CCNC(c1cc(Cl)ccc1I)c1cccc(C)c1C. The van der Waals surface area contributed by atoms with Gasteiger partial charge in [-0.2, -0.15) is 0 Å². The summed E-state index contributed by atoms with van der Waals surface area (Å²) in [7, 11) is 0. The van der Waals surface area contributed by atoms with Crippen LogP contribution in [-0.4, -0.2) is 6.54 Å². The van der Waals surface area contributed by atoms with Crippen molar-refractivity contribution in [2.75, 3.05) is 6.54 Å². The highest BCUT2D eigenvalue weighted by Crippen LogP contribution is 2.31. The van der Waals surface area contributed by atoms with Crippen LogP contribution in [0.25, 0.3) is 0 Å². The largest absolute Gasteiger partial charge is 0.306 e. The quantitative estimate of drug-likeness (QED) is 0.692. The first kappa shape index (κ1) is 15.8. The van der Waals surface area contributed by atoms with Gasteiger partial charge in [0.2, 0.25) is 0 Å². The van der Waals surface area contributed by atoms with Crippen LogP contribution in [0.3, 0.4) is 0 Å². The van der Waals surface area contributed by atoms with Crippen LogP contribution >= 0.6 is 34.2 Å². The Morgan fingerprint density at radius 1 is 1.15 bits per heavy atom. The number of nitrogens with one attached hydrogen (secondary N) is 1. The lowest BCUT2D eigenvalue weighted by molar-refractivity contribution is 0.625. The summed E-state index contributed by atoms with van der Waals surface area (Å²) in [5.74, 6) is 0. The fraction of sp³-hybridized carbons (Fsp3) is 0.294. The highest BCUT2D eigenvalue weighted by atomic mass is 127. The summed E-state index contributed by atoms with van der Waals surface area (Å²) in [6.45, 7) is 7.40. The number of benzene rings is 2. The molecule has 3 heteroatoms. The Kier molecular flexibility index (Phi) is 5.47. The molecule has 1 unspecified atom stereocenters. The van der Waals surface area contributed by atoms with Gasteiger partial charge in [-0.05, 0) is 83.4 Å². The van der Waals surface area contributed by atoms with Crippen LogP contribution in [0.15, 0.2) is 36.4 Å². The number of hydrogen-bond donors (Lipinski definition) is 1. The first-order valence-corrected chi connectivity index (χ1v) is 8.24. The molecule has 106 valence electrons. The van der Waals surface area contributed by atoms with E-state index in [-0.39, 0.29) is 6.04 Å². The molecule has 0 aliphatic carbocycles. The normalized spacial score (nSPS) is 12.4. The predicted molar refractivity (Wildman–Crippen MR) is 95.6 cm³/mol. The lowest BCUT2D eigenvalue weighted by Gasteiger charge is -2.23. The minimum Gasteiger partial charge on any atom is -0.306 e. The summed E-state index contributed by atoms with van der Waals surface area (Å²) >= 11 is 8.57. The standard InChI is InChI=1S/C17H19ClIN/c1-4-20-17(14-7-5-6-11(2)12(14)3)15-10-13(18)8-9-16(15)19/h5-10,17,20H,4H2,1-3H3. The Morgan fingerprint density at radius 2 is 1.90 bits per heavy atom. The van der Waals surface area contributed by atoms with Gasteiger partial charge in [0.1, 0.15) is 0 Å². The van der Waals surface area contributed by atoms with E-state index in [0.717, 1.165) is 11.6 Å². The molecule has 1 N–H and O–H groups in total. The third kappa shape index (κ3) is 3.35. The second-order valence-electron chi connectivity index (χ2n) is 4.95. The van der Waals surface area contributed by atoms with E-state index in [4.69, 9.17) is 11.6 Å². The zero-order valence-corrected chi connectivity index (χ0v) is 14.9. The number of hydrogen-bond acceptors (Lipinski definition) is 1. The lowest BCUT2D eigenvalue weighted by atomic mass is 9.92. The minimum atomic E-state index is 0.186. The molecule has 2 rings (SSSR count). The van der Waals surface area contributed by atoms with Crippen molar-refractivity contribution in [3.05, 3.63) is 67.2 Å². The third-order valence-corrected chi connectivity index (χ3v) is 4.85. The predicted octanol–water partition coefficient (Wildman–Crippen LogP) is 5.26. The van der Waals surface area contributed by atoms with Gasteiger partial charge >= 0.3 is 0 Å². The van der Waals surface area contributed by atoms with Gasteiger partial charge < -0.3 is 5.32 Å². The molecule has 0 aromatic heterocycles. The molecule has 0 aliphatic rings. The van der Waals surface area contributed by atoms with Gasteiger partial charge in [0, 0.05) is 8.59 Å². The molecule has 20 heavy (non-hydrogen) atoms. The molecule has 0 aliphatic heterocycles. The molecule has 0 bridgehead atoms. The van der Waals surface area contributed by atoms with Crippen molar-refractivity contribution in [1.82, 2.24) is 5.32 Å². The molecule has 1 atom stereocenters. The highest BCUT2D eigenvalue weighted by Gasteiger charge is 2.18. The van der Waals surface area contributed by atoms with E-state index < -0.39 is 0 Å². The summed E-state index contributed by atoms with van der Waals surface area (Å²) in [5, 5.41) is 4.37. The van der Waals surface area contributed by atoms with E-state index >= 15 is 0 Å². The van der Waals surface area contributed by atoms with Crippen LogP contribution in [0, 0.1) is 17.4 Å². The van der Waals surface area contributed by atoms with Crippen LogP contribution < -0.4 is 5.32 Å². The van der Waals surface area contributed by atoms with Gasteiger partial charge in [-0.25, -0.2) is 0 Å². The van der Waals surface area contributed by atoms with Crippen molar-refractivity contribution in [3.63, 3.8) is 0 Å². The summed E-state index contributed by atoms with van der Waals surface area (Å²) in [6, 6.07) is 12.8. The van der Waals surface area contributed by atoms with Crippen molar-refractivity contribution in [1.29, 1.82) is 0 Å². The van der Waals surface area contributed by atoms with E-state index in [0.29, 0.717) is 0 Å². The molecule has 0 spiro atoms. The summed E-state index contributed by atoms with van der Waals surface area (Å²) in [6.07, 6.45) is 0. The van der Waals surface area contributed by atoms with Crippen LogP contribution in [-0.2, 0) is 0 Å². The van der Waals surface area contributed by atoms with Crippen molar-refractivity contribution < 1.29 is 0 Å². The number of rotatable bonds is 4. The van der Waals surface area contributed by atoms with Crippen molar-refractivity contribution in [2.24, 2.45) is 0 Å². The van der Waals surface area contributed by atoms with Crippen molar-refractivity contribution >= 4 is 34.2 Å². The second kappa shape index (κ2) is 6.92. The Morgan fingerprint density at radius 3 is 2.60 bits per heavy atom. The molecule has 0 amide bonds. The fourth-order valence-electron chi connectivity index (χ4n) is 2.41. The molecule has 0 heterocycles.